The van der Waals surface area contributed by atoms with E-state index in [4.69, 9.17) is 4.98 Å². The Hall–Kier alpha value is -3.55. The second-order valence-corrected chi connectivity index (χ2v) is 8.18. The predicted molar refractivity (Wildman–Crippen MR) is 122 cm³/mol. The van der Waals surface area contributed by atoms with Gasteiger partial charge in [0.25, 0.3) is 0 Å². The number of hydrogen-bond donors (Lipinski definition) is 0. The van der Waals surface area contributed by atoms with Crippen LogP contribution in [0.3, 0.4) is 0 Å². The van der Waals surface area contributed by atoms with Crippen molar-refractivity contribution in [1.82, 2.24) is 29.7 Å². The van der Waals surface area contributed by atoms with Crippen LogP contribution < -0.4 is 9.80 Å². The van der Waals surface area contributed by atoms with Crippen LogP contribution in [0, 0.1) is 6.92 Å². The maximum absolute atomic E-state index is 4.80. The molecule has 1 saturated heterocycles. The summed E-state index contributed by atoms with van der Waals surface area (Å²) in [6, 6.07) is 12.1. The van der Waals surface area contributed by atoms with Crippen LogP contribution in [0.2, 0.25) is 0 Å². The lowest BCUT2D eigenvalue weighted by Crippen LogP contribution is -2.47. The largest absolute Gasteiger partial charge is 0.353 e. The number of hydrogen-bond acceptors (Lipinski definition) is 7. The first-order valence-electron chi connectivity index (χ1n) is 10.7. The maximum atomic E-state index is 4.80. The Morgan fingerprint density at radius 2 is 1.65 bits per heavy atom. The fourth-order valence-corrected chi connectivity index (χ4v) is 3.98. The Balaban J connectivity index is 1.38. The number of piperazine rings is 1. The van der Waals surface area contributed by atoms with E-state index < -0.39 is 0 Å². The molecule has 0 amide bonds. The van der Waals surface area contributed by atoms with Gasteiger partial charge in [0, 0.05) is 43.9 Å². The Labute approximate surface area is 181 Å². The van der Waals surface area contributed by atoms with E-state index in [0.29, 0.717) is 5.92 Å². The van der Waals surface area contributed by atoms with Crippen LogP contribution in [0.4, 0.5) is 11.6 Å². The summed E-state index contributed by atoms with van der Waals surface area (Å²) >= 11 is 0. The molecular formula is C23H26N8. The quantitative estimate of drug-likeness (QED) is 0.507. The molecule has 0 aliphatic carbocycles. The molecule has 1 aliphatic rings. The first-order chi connectivity index (χ1) is 15.1. The minimum atomic E-state index is 0.315. The molecule has 0 spiro atoms. The topological polar surface area (TPSA) is 75.9 Å². The summed E-state index contributed by atoms with van der Waals surface area (Å²) in [7, 11) is 0. The van der Waals surface area contributed by atoms with E-state index in [0.717, 1.165) is 66.1 Å². The summed E-state index contributed by atoms with van der Waals surface area (Å²) in [6.07, 6.45) is 3.50. The van der Waals surface area contributed by atoms with Crippen LogP contribution in [0.5, 0.6) is 0 Å². The lowest BCUT2D eigenvalue weighted by Gasteiger charge is -2.36. The minimum Gasteiger partial charge on any atom is -0.353 e. The zero-order valence-corrected chi connectivity index (χ0v) is 18.1. The van der Waals surface area contributed by atoms with E-state index in [-0.39, 0.29) is 0 Å². The number of rotatable bonds is 4. The number of benzene rings is 1. The van der Waals surface area contributed by atoms with Gasteiger partial charge in [-0.25, -0.2) is 24.6 Å². The lowest BCUT2D eigenvalue weighted by molar-refractivity contribution is 0.637. The zero-order valence-electron chi connectivity index (χ0n) is 18.1. The smallest absolute Gasteiger partial charge is 0.168 e. The molecule has 1 aliphatic heterocycles. The van der Waals surface area contributed by atoms with Crippen LogP contribution in [0.1, 0.15) is 31.3 Å². The lowest BCUT2D eigenvalue weighted by atomic mass is 10.2. The monoisotopic (exact) mass is 414 g/mol. The van der Waals surface area contributed by atoms with Gasteiger partial charge in [-0.05, 0) is 19.1 Å². The predicted octanol–water partition coefficient (Wildman–Crippen LogP) is 3.36. The van der Waals surface area contributed by atoms with Crippen LogP contribution in [-0.4, -0.2) is 55.9 Å². The summed E-state index contributed by atoms with van der Waals surface area (Å²) in [5, 5.41) is 5.55. The Morgan fingerprint density at radius 1 is 0.903 bits per heavy atom. The van der Waals surface area contributed by atoms with Crippen molar-refractivity contribution in [2.45, 2.75) is 26.7 Å². The van der Waals surface area contributed by atoms with Crippen molar-refractivity contribution >= 4 is 22.7 Å². The van der Waals surface area contributed by atoms with Gasteiger partial charge in [-0.15, -0.1) is 0 Å². The van der Waals surface area contributed by atoms with Crippen molar-refractivity contribution in [1.29, 1.82) is 0 Å². The molecular weight excluding hydrogens is 388 g/mol. The third-order valence-corrected chi connectivity index (χ3v) is 5.62. The molecule has 0 unspecified atom stereocenters. The molecule has 0 bridgehead atoms. The summed E-state index contributed by atoms with van der Waals surface area (Å²) in [6.45, 7) is 9.79. The third-order valence-electron chi connectivity index (χ3n) is 5.62. The van der Waals surface area contributed by atoms with E-state index in [9.17, 15) is 0 Å². The fraction of sp³-hybridized carbons (Fsp3) is 0.348. The Morgan fingerprint density at radius 3 is 2.39 bits per heavy atom. The second kappa shape index (κ2) is 7.94. The maximum Gasteiger partial charge on any atom is 0.168 e. The van der Waals surface area contributed by atoms with Crippen LogP contribution in [-0.2, 0) is 0 Å². The molecule has 5 rings (SSSR count). The highest BCUT2D eigenvalue weighted by Crippen LogP contribution is 2.26. The van der Waals surface area contributed by atoms with Crippen molar-refractivity contribution in [3.63, 3.8) is 0 Å². The molecule has 1 fully saturated rings. The summed E-state index contributed by atoms with van der Waals surface area (Å²) in [5.41, 5.74) is 2.83. The van der Waals surface area contributed by atoms with Gasteiger partial charge in [0.2, 0.25) is 0 Å². The van der Waals surface area contributed by atoms with Crippen LogP contribution in [0.15, 0.2) is 48.9 Å². The summed E-state index contributed by atoms with van der Waals surface area (Å²) in [5.74, 6) is 3.17. The van der Waals surface area contributed by atoms with Crippen LogP contribution >= 0.6 is 0 Å². The van der Waals surface area contributed by atoms with E-state index in [2.05, 4.69) is 49.8 Å². The summed E-state index contributed by atoms with van der Waals surface area (Å²) < 4.78 is 1.87. The molecule has 31 heavy (non-hydrogen) atoms. The highest BCUT2D eigenvalue weighted by molar-refractivity contribution is 5.87. The number of nitrogens with zero attached hydrogens (tertiary/aromatic N) is 8. The van der Waals surface area contributed by atoms with Gasteiger partial charge in [0.05, 0.1) is 17.3 Å². The van der Waals surface area contributed by atoms with Gasteiger partial charge in [0.1, 0.15) is 23.8 Å². The van der Waals surface area contributed by atoms with Crippen molar-refractivity contribution in [2.75, 3.05) is 36.0 Å². The number of anilines is 2. The average Bonchev–Trinajstić information content (AvgIpc) is 3.24. The standard InChI is InChI=1S/C23H26N8/c1-16(2)21-27-17(3)13-20(28-21)29-9-11-30(12-10-29)22-19-14-26-31(23(19)25-15-24-22)18-7-5-4-6-8-18/h4-8,13-16H,9-12H2,1-3H3. The molecule has 0 N–H and O–H groups in total. The highest BCUT2D eigenvalue weighted by atomic mass is 15.3. The molecule has 8 heteroatoms. The molecule has 1 aromatic carbocycles. The van der Waals surface area contributed by atoms with E-state index >= 15 is 0 Å². The molecule has 4 aromatic rings. The average molecular weight is 415 g/mol. The van der Waals surface area contributed by atoms with Gasteiger partial charge in [0.15, 0.2) is 5.65 Å². The number of para-hydroxylation sites is 1. The molecule has 8 nitrogen and oxygen atoms in total. The zero-order chi connectivity index (χ0) is 21.4. The van der Waals surface area contributed by atoms with E-state index in [1.54, 1.807) is 6.33 Å². The number of fused-ring (bicyclic) bond motifs is 1. The highest BCUT2D eigenvalue weighted by Gasteiger charge is 2.23. The Kier molecular flexibility index (Phi) is 4.97. The van der Waals surface area contributed by atoms with E-state index in [1.165, 1.54) is 0 Å². The molecule has 0 radical (unpaired) electrons. The normalized spacial score (nSPS) is 14.6. The van der Waals surface area contributed by atoms with Crippen molar-refractivity contribution in [3.05, 3.63) is 60.4 Å². The summed E-state index contributed by atoms with van der Waals surface area (Å²) in [4.78, 5) is 23.1. The first-order valence-corrected chi connectivity index (χ1v) is 10.7. The molecule has 4 heterocycles. The van der Waals surface area contributed by atoms with Gasteiger partial charge in [-0.3, -0.25) is 0 Å². The first kappa shape index (κ1) is 19.4. The number of aryl methyl sites for hydroxylation is 1. The van der Waals surface area contributed by atoms with Gasteiger partial charge in [-0.1, -0.05) is 32.0 Å². The van der Waals surface area contributed by atoms with Crippen molar-refractivity contribution < 1.29 is 0 Å². The van der Waals surface area contributed by atoms with Crippen molar-refractivity contribution in [3.8, 4) is 5.69 Å². The molecule has 158 valence electrons. The second-order valence-electron chi connectivity index (χ2n) is 8.18. The van der Waals surface area contributed by atoms with Crippen molar-refractivity contribution in [2.24, 2.45) is 0 Å². The molecule has 0 saturated carbocycles. The third kappa shape index (κ3) is 3.69. The van der Waals surface area contributed by atoms with Crippen LogP contribution in [0.25, 0.3) is 16.7 Å². The SMILES string of the molecule is Cc1cc(N2CCN(c3ncnc4c3cnn4-c3ccccc3)CC2)nc(C(C)C)n1. The Bertz CT molecular complexity index is 1190. The number of aromatic nitrogens is 6. The van der Waals surface area contributed by atoms with E-state index in [1.807, 2.05) is 48.1 Å². The molecule has 0 atom stereocenters. The van der Waals surface area contributed by atoms with Gasteiger partial charge >= 0.3 is 0 Å². The van der Waals surface area contributed by atoms with Gasteiger partial charge < -0.3 is 9.80 Å². The van der Waals surface area contributed by atoms with Gasteiger partial charge in [-0.2, -0.15) is 5.10 Å². The minimum absolute atomic E-state index is 0.315. The fourth-order valence-electron chi connectivity index (χ4n) is 3.98. The molecule has 3 aromatic heterocycles.